The molecule has 1 fully saturated rings. The predicted molar refractivity (Wildman–Crippen MR) is 84.2 cm³/mol. The zero-order valence-corrected chi connectivity index (χ0v) is 12.2. The van der Waals surface area contributed by atoms with Crippen LogP contribution in [0.3, 0.4) is 0 Å². The van der Waals surface area contributed by atoms with Gasteiger partial charge in [-0.1, -0.05) is 25.7 Å². The van der Waals surface area contributed by atoms with E-state index in [0.717, 1.165) is 23.8 Å². The summed E-state index contributed by atoms with van der Waals surface area (Å²) in [5.41, 5.74) is 1.93. The molecular formula is C16H25N3O. The molecule has 110 valence electrons. The molecule has 0 saturated heterocycles. The van der Waals surface area contributed by atoms with Gasteiger partial charge in [0, 0.05) is 25.0 Å². The van der Waals surface area contributed by atoms with Gasteiger partial charge in [-0.3, -0.25) is 0 Å². The van der Waals surface area contributed by atoms with E-state index in [9.17, 15) is 4.79 Å². The van der Waals surface area contributed by atoms with Gasteiger partial charge < -0.3 is 16.0 Å². The SMILES string of the molecule is CNC(=O)Nc1ccc(NCC2CCCCCC2)cc1. The minimum absolute atomic E-state index is 0.191. The third-order valence-corrected chi connectivity index (χ3v) is 3.94. The van der Waals surface area contributed by atoms with Crippen molar-refractivity contribution in [2.75, 3.05) is 24.2 Å². The predicted octanol–water partition coefficient (Wildman–Crippen LogP) is 3.82. The molecule has 0 heterocycles. The normalized spacial score (nSPS) is 16.2. The summed E-state index contributed by atoms with van der Waals surface area (Å²) >= 11 is 0. The molecule has 0 aromatic heterocycles. The van der Waals surface area contributed by atoms with Gasteiger partial charge in [-0.2, -0.15) is 0 Å². The van der Waals surface area contributed by atoms with Crippen LogP contribution in [0.25, 0.3) is 0 Å². The molecule has 20 heavy (non-hydrogen) atoms. The zero-order chi connectivity index (χ0) is 14.2. The van der Waals surface area contributed by atoms with Gasteiger partial charge in [0.2, 0.25) is 0 Å². The van der Waals surface area contributed by atoms with Crippen molar-refractivity contribution in [3.63, 3.8) is 0 Å². The van der Waals surface area contributed by atoms with Crippen molar-refractivity contribution in [2.24, 2.45) is 5.92 Å². The summed E-state index contributed by atoms with van der Waals surface area (Å²) in [4.78, 5) is 11.2. The molecule has 4 heteroatoms. The third-order valence-electron chi connectivity index (χ3n) is 3.94. The maximum atomic E-state index is 11.2. The van der Waals surface area contributed by atoms with Crippen LogP contribution >= 0.6 is 0 Å². The fourth-order valence-electron chi connectivity index (χ4n) is 2.70. The lowest BCUT2D eigenvalue weighted by Gasteiger charge is -2.16. The second-order valence-corrected chi connectivity index (χ2v) is 5.52. The molecule has 1 aromatic rings. The van der Waals surface area contributed by atoms with Crippen LogP contribution in [0.1, 0.15) is 38.5 Å². The minimum atomic E-state index is -0.191. The average molecular weight is 275 g/mol. The first-order valence-electron chi connectivity index (χ1n) is 7.60. The van der Waals surface area contributed by atoms with Crippen LogP contribution in [0.4, 0.5) is 16.2 Å². The fourth-order valence-corrected chi connectivity index (χ4v) is 2.70. The van der Waals surface area contributed by atoms with Gasteiger partial charge in [-0.05, 0) is 43.0 Å². The van der Waals surface area contributed by atoms with E-state index >= 15 is 0 Å². The van der Waals surface area contributed by atoms with Crippen molar-refractivity contribution in [3.8, 4) is 0 Å². The average Bonchev–Trinajstić information content (AvgIpc) is 2.75. The van der Waals surface area contributed by atoms with E-state index < -0.39 is 0 Å². The van der Waals surface area contributed by atoms with Crippen molar-refractivity contribution < 1.29 is 4.79 Å². The van der Waals surface area contributed by atoms with Crippen LogP contribution in [-0.4, -0.2) is 19.6 Å². The van der Waals surface area contributed by atoms with Crippen molar-refractivity contribution >= 4 is 17.4 Å². The maximum absolute atomic E-state index is 11.2. The number of amides is 2. The molecular weight excluding hydrogens is 250 g/mol. The van der Waals surface area contributed by atoms with Gasteiger partial charge >= 0.3 is 6.03 Å². The smallest absolute Gasteiger partial charge is 0.318 e. The Balaban J connectivity index is 1.79. The number of nitrogens with one attached hydrogen (secondary N) is 3. The summed E-state index contributed by atoms with van der Waals surface area (Å²) in [5, 5.41) is 8.80. The molecule has 0 aliphatic heterocycles. The van der Waals surface area contributed by atoms with Gasteiger partial charge in [0.1, 0.15) is 0 Å². The van der Waals surface area contributed by atoms with Gasteiger partial charge in [0.05, 0.1) is 0 Å². The summed E-state index contributed by atoms with van der Waals surface area (Å²) in [7, 11) is 1.61. The summed E-state index contributed by atoms with van der Waals surface area (Å²) in [6.45, 7) is 1.06. The number of hydrogen-bond donors (Lipinski definition) is 3. The Bertz CT molecular complexity index is 408. The van der Waals surface area contributed by atoms with Gasteiger partial charge in [-0.25, -0.2) is 4.79 Å². The van der Waals surface area contributed by atoms with E-state index in [2.05, 4.69) is 16.0 Å². The van der Waals surface area contributed by atoms with Crippen LogP contribution in [0.15, 0.2) is 24.3 Å². The Morgan fingerprint density at radius 1 is 1.05 bits per heavy atom. The van der Waals surface area contributed by atoms with Crippen molar-refractivity contribution in [2.45, 2.75) is 38.5 Å². The van der Waals surface area contributed by atoms with Crippen LogP contribution in [0.2, 0.25) is 0 Å². The largest absolute Gasteiger partial charge is 0.385 e. The standard InChI is InChI=1S/C16H25N3O/c1-17-16(20)19-15-10-8-14(9-11-15)18-12-13-6-4-2-3-5-7-13/h8-11,13,18H,2-7,12H2,1H3,(H2,17,19,20). The first-order valence-corrected chi connectivity index (χ1v) is 7.60. The summed E-state index contributed by atoms with van der Waals surface area (Å²) in [5.74, 6) is 0.807. The number of carbonyl (C=O) groups excluding carboxylic acids is 1. The third kappa shape index (κ3) is 4.76. The number of benzene rings is 1. The molecule has 1 aromatic carbocycles. The Labute approximate surface area is 121 Å². The van der Waals surface area contributed by atoms with Crippen LogP contribution in [0, 0.1) is 5.92 Å². The molecule has 0 spiro atoms. The van der Waals surface area contributed by atoms with Crippen molar-refractivity contribution in [1.82, 2.24) is 5.32 Å². The highest BCUT2D eigenvalue weighted by Gasteiger charge is 2.11. The number of hydrogen-bond acceptors (Lipinski definition) is 2. The van der Waals surface area contributed by atoms with Crippen LogP contribution in [-0.2, 0) is 0 Å². The Morgan fingerprint density at radius 2 is 1.65 bits per heavy atom. The lowest BCUT2D eigenvalue weighted by molar-refractivity contribution is 0.254. The fraction of sp³-hybridized carbons (Fsp3) is 0.562. The number of carbonyl (C=O) groups is 1. The number of rotatable bonds is 4. The molecule has 0 atom stereocenters. The summed E-state index contributed by atoms with van der Waals surface area (Å²) in [6.07, 6.45) is 8.25. The van der Waals surface area contributed by atoms with E-state index in [4.69, 9.17) is 0 Å². The highest BCUT2D eigenvalue weighted by atomic mass is 16.2. The lowest BCUT2D eigenvalue weighted by atomic mass is 10.0. The molecule has 0 radical (unpaired) electrons. The Kier molecular flexibility index (Phi) is 5.71. The lowest BCUT2D eigenvalue weighted by Crippen LogP contribution is -2.24. The molecule has 0 unspecified atom stereocenters. The molecule has 1 aliphatic carbocycles. The summed E-state index contributed by atoms with van der Waals surface area (Å²) in [6, 6.07) is 7.68. The van der Waals surface area contributed by atoms with E-state index in [1.165, 1.54) is 38.5 Å². The molecule has 1 saturated carbocycles. The second-order valence-electron chi connectivity index (χ2n) is 5.52. The van der Waals surface area contributed by atoms with Gasteiger partial charge in [0.25, 0.3) is 0 Å². The first-order chi connectivity index (χ1) is 9.78. The van der Waals surface area contributed by atoms with Crippen molar-refractivity contribution in [3.05, 3.63) is 24.3 Å². The molecule has 0 bridgehead atoms. The van der Waals surface area contributed by atoms with E-state index in [-0.39, 0.29) is 6.03 Å². The van der Waals surface area contributed by atoms with E-state index in [1.54, 1.807) is 7.05 Å². The summed E-state index contributed by atoms with van der Waals surface area (Å²) < 4.78 is 0. The topological polar surface area (TPSA) is 53.2 Å². The number of urea groups is 1. The molecule has 3 N–H and O–H groups in total. The highest BCUT2D eigenvalue weighted by molar-refractivity contribution is 5.89. The van der Waals surface area contributed by atoms with E-state index in [1.807, 2.05) is 24.3 Å². The van der Waals surface area contributed by atoms with E-state index in [0.29, 0.717) is 0 Å². The Hall–Kier alpha value is -1.71. The van der Waals surface area contributed by atoms with Crippen molar-refractivity contribution in [1.29, 1.82) is 0 Å². The second kappa shape index (κ2) is 7.78. The van der Waals surface area contributed by atoms with Crippen LogP contribution in [0.5, 0.6) is 0 Å². The number of anilines is 2. The maximum Gasteiger partial charge on any atom is 0.318 e. The first kappa shape index (κ1) is 14.7. The molecule has 2 rings (SSSR count). The zero-order valence-electron chi connectivity index (χ0n) is 12.2. The van der Waals surface area contributed by atoms with Crippen LogP contribution < -0.4 is 16.0 Å². The molecule has 4 nitrogen and oxygen atoms in total. The monoisotopic (exact) mass is 275 g/mol. The van der Waals surface area contributed by atoms with Gasteiger partial charge in [0.15, 0.2) is 0 Å². The van der Waals surface area contributed by atoms with Gasteiger partial charge in [-0.15, -0.1) is 0 Å². The minimum Gasteiger partial charge on any atom is -0.385 e. The molecule has 2 amide bonds. The molecule has 1 aliphatic rings. The Morgan fingerprint density at radius 3 is 2.25 bits per heavy atom. The quantitative estimate of drug-likeness (QED) is 0.732. The highest BCUT2D eigenvalue weighted by Crippen LogP contribution is 2.23.